The molecular weight excluding hydrogens is 386 g/mol. The number of aromatic nitrogens is 2. The molecule has 2 amide bonds. The number of hydrogen-bond donors (Lipinski definition) is 3. The highest BCUT2D eigenvalue weighted by Gasteiger charge is 2.20. The number of likely N-dealkylation sites (N-methyl/N-ethyl adjacent to an activating group) is 1. The van der Waals surface area contributed by atoms with Crippen LogP contribution in [0.25, 0.3) is 0 Å². The first-order chi connectivity index (χ1) is 12.9. The van der Waals surface area contributed by atoms with E-state index in [1.54, 1.807) is 55.4 Å². The third kappa shape index (κ3) is 6.36. The third-order valence-electron chi connectivity index (χ3n) is 3.87. The van der Waals surface area contributed by atoms with E-state index in [1.165, 1.54) is 7.11 Å². The first-order valence-corrected chi connectivity index (χ1v) is 8.36. The third-order valence-corrected chi connectivity index (χ3v) is 3.87. The van der Waals surface area contributed by atoms with Gasteiger partial charge in [0.1, 0.15) is 6.04 Å². The van der Waals surface area contributed by atoms with E-state index in [-0.39, 0.29) is 43.2 Å². The second-order valence-electron chi connectivity index (χ2n) is 5.82. The maximum Gasteiger partial charge on any atom is 0.307 e. The van der Waals surface area contributed by atoms with Gasteiger partial charge in [-0.2, -0.15) is 5.10 Å². The van der Waals surface area contributed by atoms with E-state index in [0.717, 1.165) is 5.56 Å². The minimum absolute atomic E-state index is 0. The van der Waals surface area contributed by atoms with Crippen LogP contribution in [0.3, 0.4) is 0 Å². The molecule has 10 heteroatoms. The van der Waals surface area contributed by atoms with Gasteiger partial charge in [0.25, 0.3) is 5.91 Å². The lowest BCUT2D eigenvalue weighted by Crippen LogP contribution is -2.30. The van der Waals surface area contributed by atoms with E-state index in [0.29, 0.717) is 11.3 Å². The molecule has 1 atom stereocenters. The van der Waals surface area contributed by atoms with Crippen molar-refractivity contribution in [3.05, 3.63) is 47.8 Å². The van der Waals surface area contributed by atoms with Crippen molar-refractivity contribution in [3.8, 4) is 0 Å². The number of hydrogen-bond acceptors (Lipinski definition) is 6. The van der Waals surface area contributed by atoms with Crippen LogP contribution in [0.5, 0.6) is 0 Å². The Bertz CT molecular complexity index is 807. The fourth-order valence-electron chi connectivity index (χ4n) is 2.44. The highest BCUT2D eigenvalue weighted by molar-refractivity contribution is 5.97. The van der Waals surface area contributed by atoms with Crippen LogP contribution in [0.2, 0.25) is 0 Å². The van der Waals surface area contributed by atoms with Gasteiger partial charge >= 0.3 is 5.97 Å². The second kappa shape index (κ2) is 11.1. The van der Waals surface area contributed by atoms with Crippen molar-refractivity contribution in [3.63, 3.8) is 0 Å². The lowest BCUT2D eigenvalue weighted by Gasteiger charge is -2.14. The number of carbonyl (C=O) groups excluding carboxylic acids is 3. The Morgan fingerprint density at radius 3 is 2.43 bits per heavy atom. The fraction of sp³-hybridized carbons (Fsp3) is 0.333. The molecule has 0 saturated heterocycles. The molecule has 0 saturated carbocycles. The molecule has 0 radical (unpaired) electrons. The summed E-state index contributed by atoms with van der Waals surface area (Å²) in [6.07, 6.45) is 3.50. The first kappa shape index (κ1) is 23.1. The summed E-state index contributed by atoms with van der Waals surface area (Å²) < 4.78 is 6.14. The molecule has 9 nitrogen and oxygen atoms in total. The predicted molar refractivity (Wildman–Crippen MR) is 106 cm³/mol. The Balaban J connectivity index is 0.00000392. The van der Waals surface area contributed by atoms with Crippen LogP contribution in [0.15, 0.2) is 36.7 Å². The van der Waals surface area contributed by atoms with Gasteiger partial charge in [-0.1, -0.05) is 0 Å². The smallest absolute Gasteiger partial charge is 0.307 e. The highest BCUT2D eigenvalue weighted by Crippen LogP contribution is 2.16. The van der Waals surface area contributed by atoms with Crippen LogP contribution >= 0.6 is 12.4 Å². The van der Waals surface area contributed by atoms with Crippen LogP contribution in [0.4, 0.5) is 5.69 Å². The van der Waals surface area contributed by atoms with Crippen molar-refractivity contribution in [1.29, 1.82) is 0 Å². The molecule has 1 aromatic carbocycles. The normalized spacial score (nSPS) is 11.1. The van der Waals surface area contributed by atoms with Gasteiger partial charge in [-0.05, 0) is 31.3 Å². The fourth-order valence-corrected chi connectivity index (χ4v) is 2.44. The number of carbonyl (C=O) groups is 3. The summed E-state index contributed by atoms with van der Waals surface area (Å²) in [6, 6.07) is 5.94. The topological polar surface area (TPSA) is 114 Å². The van der Waals surface area contributed by atoms with Gasteiger partial charge in [-0.3, -0.25) is 19.1 Å². The van der Waals surface area contributed by atoms with E-state index >= 15 is 0 Å². The van der Waals surface area contributed by atoms with Crippen LogP contribution in [0.1, 0.15) is 28.4 Å². The number of amides is 2. The lowest BCUT2D eigenvalue weighted by molar-refractivity contribution is -0.140. The zero-order chi connectivity index (χ0) is 19.8. The molecule has 28 heavy (non-hydrogen) atoms. The molecule has 0 aliphatic carbocycles. The van der Waals surface area contributed by atoms with Crippen molar-refractivity contribution in [1.82, 2.24) is 20.4 Å². The minimum atomic E-state index is -0.542. The van der Waals surface area contributed by atoms with E-state index in [1.807, 2.05) is 0 Å². The van der Waals surface area contributed by atoms with E-state index in [4.69, 9.17) is 0 Å². The first-order valence-electron chi connectivity index (χ1n) is 8.36. The average molecular weight is 410 g/mol. The number of nitrogens with one attached hydrogen (secondary N) is 3. The monoisotopic (exact) mass is 409 g/mol. The van der Waals surface area contributed by atoms with Crippen LogP contribution < -0.4 is 16.0 Å². The summed E-state index contributed by atoms with van der Waals surface area (Å²) in [5.74, 6) is -0.929. The lowest BCUT2D eigenvalue weighted by atomic mass is 10.1. The molecule has 0 bridgehead atoms. The summed E-state index contributed by atoms with van der Waals surface area (Å²) in [7, 11) is 4.77. The Morgan fingerprint density at radius 2 is 1.89 bits per heavy atom. The Labute approximate surface area is 169 Å². The number of nitrogens with zero attached hydrogens (tertiary/aromatic N) is 2. The number of esters is 1. The molecule has 2 aromatic rings. The Morgan fingerprint density at radius 1 is 1.21 bits per heavy atom. The summed E-state index contributed by atoms with van der Waals surface area (Å²) in [4.78, 5) is 35.5. The quantitative estimate of drug-likeness (QED) is 0.561. The molecule has 0 aliphatic rings. The number of methoxy groups -OCH3 is 1. The van der Waals surface area contributed by atoms with E-state index in [9.17, 15) is 14.4 Å². The van der Waals surface area contributed by atoms with Crippen molar-refractivity contribution < 1.29 is 19.1 Å². The second-order valence-corrected chi connectivity index (χ2v) is 5.82. The van der Waals surface area contributed by atoms with Gasteiger partial charge in [-0.25, -0.2) is 0 Å². The molecule has 3 N–H and O–H groups in total. The Hall–Kier alpha value is -2.91. The molecular formula is C18H24ClN5O4. The van der Waals surface area contributed by atoms with Crippen molar-refractivity contribution in [2.75, 3.05) is 26.0 Å². The molecule has 1 heterocycles. The van der Waals surface area contributed by atoms with Crippen molar-refractivity contribution in [2.24, 2.45) is 7.05 Å². The van der Waals surface area contributed by atoms with E-state index in [2.05, 4.69) is 25.8 Å². The van der Waals surface area contributed by atoms with Gasteiger partial charge in [-0.15, -0.1) is 12.4 Å². The van der Waals surface area contributed by atoms with Crippen molar-refractivity contribution in [2.45, 2.75) is 12.5 Å². The highest BCUT2D eigenvalue weighted by atomic mass is 35.5. The van der Waals surface area contributed by atoms with Gasteiger partial charge < -0.3 is 20.7 Å². The van der Waals surface area contributed by atoms with Gasteiger partial charge in [0.2, 0.25) is 5.91 Å². The molecule has 1 unspecified atom stereocenters. The maximum atomic E-state index is 12.5. The molecule has 0 aliphatic heterocycles. The number of rotatable bonds is 8. The minimum Gasteiger partial charge on any atom is -0.469 e. The molecule has 152 valence electrons. The Kier molecular flexibility index (Phi) is 9.13. The number of benzene rings is 1. The SMILES string of the molecule is CNC(C(=O)Nc1ccc(C(=O)NCCC(=O)OC)cc1)c1cnn(C)c1.Cl. The zero-order valence-electron chi connectivity index (χ0n) is 15.9. The van der Waals surface area contributed by atoms with Crippen LogP contribution in [-0.2, 0) is 21.4 Å². The number of ether oxygens (including phenoxy) is 1. The summed E-state index contributed by atoms with van der Waals surface area (Å²) in [5, 5.41) is 12.5. The molecule has 0 spiro atoms. The van der Waals surface area contributed by atoms with E-state index < -0.39 is 6.04 Å². The summed E-state index contributed by atoms with van der Waals surface area (Å²) in [6.45, 7) is 0.193. The largest absolute Gasteiger partial charge is 0.469 e. The van der Waals surface area contributed by atoms with Crippen molar-refractivity contribution >= 4 is 35.9 Å². The standard InChI is InChI=1S/C18H23N5O4.ClH/c1-19-16(13-10-21-23(2)11-13)18(26)22-14-6-4-12(5-7-14)17(25)20-9-8-15(24)27-3;/h4-7,10-11,16,19H,8-9H2,1-3H3,(H,20,25)(H,22,26);1H. The summed E-state index contributed by atoms with van der Waals surface area (Å²) in [5.41, 5.74) is 1.74. The number of aryl methyl sites for hydroxylation is 1. The number of halogens is 1. The van der Waals surface area contributed by atoms with Crippen LogP contribution in [-0.4, -0.2) is 48.3 Å². The number of anilines is 1. The predicted octanol–water partition coefficient (Wildman–Crippen LogP) is 1.03. The molecule has 2 rings (SSSR count). The summed E-state index contributed by atoms with van der Waals surface area (Å²) >= 11 is 0. The molecule has 1 aromatic heterocycles. The maximum absolute atomic E-state index is 12.5. The molecule has 0 fully saturated rings. The van der Waals surface area contributed by atoms with Gasteiger partial charge in [0.15, 0.2) is 0 Å². The zero-order valence-corrected chi connectivity index (χ0v) is 16.7. The average Bonchev–Trinajstić information content (AvgIpc) is 3.08. The van der Waals surface area contributed by atoms with Crippen LogP contribution in [0, 0.1) is 0 Å². The van der Waals surface area contributed by atoms with Gasteiger partial charge in [0.05, 0.1) is 19.7 Å². The van der Waals surface area contributed by atoms with Gasteiger partial charge in [0, 0.05) is 36.6 Å².